The Kier molecular flexibility index (Phi) is 5.31. The maximum atomic E-state index is 5.23. The highest BCUT2D eigenvalue weighted by atomic mass is 32.2. The second-order valence-corrected chi connectivity index (χ2v) is 5.35. The molecule has 0 aromatic heterocycles. The van der Waals surface area contributed by atoms with Crippen LogP contribution >= 0.6 is 11.8 Å². The molecule has 0 saturated carbocycles. The van der Waals surface area contributed by atoms with Crippen molar-refractivity contribution in [1.82, 2.24) is 5.32 Å². The van der Waals surface area contributed by atoms with Gasteiger partial charge in [-0.1, -0.05) is 36.9 Å². The standard InChI is InChI=1S/C16H19NOS/c1-3-17-12-13-7-9-15(10-8-13)19-16-6-4-5-14(11-16)18-2/h4-11,17H,3,12H2,1-2H3. The lowest BCUT2D eigenvalue weighted by Crippen LogP contribution is -2.11. The Hall–Kier alpha value is -1.45. The molecule has 0 fully saturated rings. The molecule has 19 heavy (non-hydrogen) atoms. The Morgan fingerprint density at radius 2 is 1.84 bits per heavy atom. The van der Waals surface area contributed by atoms with E-state index in [1.165, 1.54) is 15.4 Å². The van der Waals surface area contributed by atoms with Crippen molar-refractivity contribution in [2.75, 3.05) is 13.7 Å². The van der Waals surface area contributed by atoms with Gasteiger partial charge >= 0.3 is 0 Å². The lowest BCUT2D eigenvalue weighted by Gasteiger charge is -2.06. The van der Waals surface area contributed by atoms with Gasteiger partial charge in [0.15, 0.2) is 0 Å². The van der Waals surface area contributed by atoms with Crippen LogP contribution in [0.2, 0.25) is 0 Å². The Morgan fingerprint density at radius 3 is 2.53 bits per heavy atom. The second-order valence-electron chi connectivity index (χ2n) is 4.21. The first-order valence-corrected chi connectivity index (χ1v) is 7.25. The monoisotopic (exact) mass is 273 g/mol. The maximum absolute atomic E-state index is 5.23. The molecule has 2 rings (SSSR count). The predicted molar refractivity (Wildman–Crippen MR) is 80.9 cm³/mol. The van der Waals surface area contributed by atoms with Crippen molar-refractivity contribution in [3.8, 4) is 5.75 Å². The van der Waals surface area contributed by atoms with Gasteiger partial charge in [0.25, 0.3) is 0 Å². The Balaban J connectivity index is 2.02. The van der Waals surface area contributed by atoms with E-state index in [4.69, 9.17) is 4.74 Å². The van der Waals surface area contributed by atoms with E-state index in [9.17, 15) is 0 Å². The molecule has 0 heterocycles. The molecule has 1 N–H and O–H groups in total. The minimum absolute atomic E-state index is 0.897. The third kappa shape index (κ3) is 4.30. The molecule has 0 radical (unpaired) electrons. The van der Waals surface area contributed by atoms with Crippen LogP contribution in [0.5, 0.6) is 5.75 Å². The molecule has 0 atom stereocenters. The molecule has 3 heteroatoms. The van der Waals surface area contributed by atoms with Gasteiger partial charge in [-0.25, -0.2) is 0 Å². The average molecular weight is 273 g/mol. The number of rotatable bonds is 6. The number of ether oxygens (including phenoxy) is 1. The van der Waals surface area contributed by atoms with Crippen LogP contribution in [0.1, 0.15) is 12.5 Å². The summed E-state index contributed by atoms with van der Waals surface area (Å²) in [5.74, 6) is 0.897. The predicted octanol–water partition coefficient (Wildman–Crippen LogP) is 3.96. The summed E-state index contributed by atoms with van der Waals surface area (Å²) in [5.41, 5.74) is 1.32. The molecular weight excluding hydrogens is 254 g/mol. The van der Waals surface area contributed by atoms with E-state index in [2.05, 4.69) is 48.6 Å². The Labute approximate surface area is 119 Å². The Morgan fingerprint density at radius 1 is 1.05 bits per heavy atom. The summed E-state index contributed by atoms with van der Waals surface area (Å²) in [4.78, 5) is 2.44. The lowest BCUT2D eigenvalue weighted by molar-refractivity contribution is 0.413. The van der Waals surface area contributed by atoms with Gasteiger partial charge in [0.2, 0.25) is 0 Å². The van der Waals surface area contributed by atoms with Crippen molar-refractivity contribution >= 4 is 11.8 Å². The summed E-state index contributed by atoms with van der Waals surface area (Å²) in [6, 6.07) is 16.8. The minimum atomic E-state index is 0.897. The van der Waals surface area contributed by atoms with Crippen LogP contribution in [0.3, 0.4) is 0 Å². The number of hydrogen-bond acceptors (Lipinski definition) is 3. The molecule has 0 spiro atoms. The smallest absolute Gasteiger partial charge is 0.119 e. The van der Waals surface area contributed by atoms with E-state index >= 15 is 0 Å². The molecule has 2 aromatic rings. The SMILES string of the molecule is CCNCc1ccc(Sc2cccc(OC)c2)cc1. The maximum Gasteiger partial charge on any atom is 0.119 e. The van der Waals surface area contributed by atoms with Crippen LogP contribution in [-0.2, 0) is 6.54 Å². The number of nitrogens with one attached hydrogen (secondary N) is 1. The summed E-state index contributed by atoms with van der Waals surface area (Å²) in [6.45, 7) is 4.05. The van der Waals surface area contributed by atoms with Crippen molar-refractivity contribution in [1.29, 1.82) is 0 Å². The molecule has 2 nitrogen and oxygen atoms in total. The molecule has 2 aromatic carbocycles. The van der Waals surface area contributed by atoms with Crippen LogP contribution in [0.25, 0.3) is 0 Å². The topological polar surface area (TPSA) is 21.3 Å². The van der Waals surface area contributed by atoms with E-state index in [0.29, 0.717) is 0 Å². The van der Waals surface area contributed by atoms with Crippen LogP contribution in [0, 0.1) is 0 Å². The van der Waals surface area contributed by atoms with Gasteiger partial charge < -0.3 is 10.1 Å². The zero-order chi connectivity index (χ0) is 13.5. The quantitative estimate of drug-likeness (QED) is 0.861. The van der Waals surface area contributed by atoms with Gasteiger partial charge in [-0.3, -0.25) is 0 Å². The zero-order valence-electron chi connectivity index (χ0n) is 11.3. The largest absolute Gasteiger partial charge is 0.497 e. The van der Waals surface area contributed by atoms with E-state index in [0.717, 1.165) is 18.8 Å². The third-order valence-corrected chi connectivity index (χ3v) is 3.78. The van der Waals surface area contributed by atoms with Crippen molar-refractivity contribution < 1.29 is 4.74 Å². The van der Waals surface area contributed by atoms with E-state index in [-0.39, 0.29) is 0 Å². The van der Waals surface area contributed by atoms with Gasteiger partial charge in [-0.2, -0.15) is 0 Å². The molecule has 0 unspecified atom stereocenters. The highest BCUT2D eigenvalue weighted by Gasteiger charge is 2.00. The molecule has 0 aliphatic rings. The number of hydrogen-bond donors (Lipinski definition) is 1. The number of benzene rings is 2. The minimum Gasteiger partial charge on any atom is -0.497 e. The molecule has 0 aliphatic carbocycles. The van der Waals surface area contributed by atoms with E-state index < -0.39 is 0 Å². The van der Waals surface area contributed by atoms with Gasteiger partial charge in [0, 0.05) is 16.3 Å². The van der Waals surface area contributed by atoms with Crippen LogP contribution in [0.4, 0.5) is 0 Å². The third-order valence-electron chi connectivity index (χ3n) is 2.78. The fourth-order valence-electron chi connectivity index (χ4n) is 1.75. The first-order valence-electron chi connectivity index (χ1n) is 6.43. The summed E-state index contributed by atoms with van der Waals surface area (Å²) in [7, 11) is 1.69. The van der Waals surface area contributed by atoms with Crippen LogP contribution in [-0.4, -0.2) is 13.7 Å². The van der Waals surface area contributed by atoms with E-state index in [1.54, 1.807) is 18.9 Å². The van der Waals surface area contributed by atoms with Crippen LogP contribution in [0.15, 0.2) is 58.3 Å². The second kappa shape index (κ2) is 7.22. The van der Waals surface area contributed by atoms with Gasteiger partial charge in [0.05, 0.1) is 7.11 Å². The van der Waals surface area contributed by atoms with Gasteiger partial charge in [-0.05, 0) is 42.4 Å². The van der Waals surface area contributed by atoms with Crippen LogP contribution < -0.4 is 10.1 Å². The summed E-state index contributed by atoms with van der Waals surface area (Å²) < 4.78 is 5.23. The molecule has 100 valence electrons. The summed E-state index contributed by atoms with van der Waals surface area (Å²) in [6.07, 6.45) is 0. The first-order chi connectivity index (χ1) is 9.31. The van der Waals surface area contributed by atoms with Crippen molar-refractivity contribution in [2.45, 2.75) is 23.3 Å². The van der Waals surface area contributed by atoms with E-state index in [1.807, 2.05) is 12.1 Å². The molecule has 0 saturated heterocycles. The van der Waals surface area contributed by atoms with Crippen molar-refractivity contribution in [2.24, 2.45) is 0 Å². The highest BCUT2D eigenvalue weighted by Crippen LogP contribution is 2.30. The lowest BCUT2D eigenvalue weighted by atomic mass is 10.2. The molecule has 0 aliphatic heterocycles. The first kappa shape index (κ1) is 14.0. The average Bonchev–Trinajstić information content (AvgIpc) is 2.47. The fourth-order valence-corrected chi connectivity index (χ4v) is 2.61. The van der Waals surface area contributed by atoms with Crippen molar-refractivity contribution in [3.63, 3.8) is 0 Å². The zero-order valence-corrected chi connectivity index (χ0v) is 12.2. The molecular formula is C16H19NOS. The Bertz CT molecular complexity index is 510. The van der Waals surface area contributed by atoms with Gasteiger partial charge in [-0.15, -0.1) is 0 Å². The van der Waals surface area contributed by atoms with Gasteiger partial charge in [0.1, 0.15) is 5.75 Å². The molecule has 0 amide bonds. The summed E-state index contributed by atoms with van der Waals surface area (Å²) >= 11 is 1.75. The summed E-state index contributed by atoms with van der Waals surface area (Å²) in [5, 5.41) is 3.33. The van der Waals surface area contributed by atoms with Crippen molar-refractivity contribution in [3.05, 3.63) is 54.1 Å². The molecule has 0 bridgehead atoms. The fraction of sp³-hybridized carbons (Fsp3) is 0.250. The normalized spacial score (nSPS) is 10.4. The number of methoxy groups -OCH3 is 1. The highest BCUT2D eigenvalue weighted by molar-refractivity contribution is 7.99.